The molecule has 33 heavy (non-hydrogen) atoms. The van der Waals surface area contributed by atoms with E-state index in [4.69, 9.17) is 14.2 Å². The summed E-state index contributed by atoms with van der Waals surface area (Å²) in [4.78, 5) is 15.7. The van der Waals surface area contributed by atoms with Crippen molar-refractivity contribution < 1.29 is 14.2 Å². The van der Waals surface area contributed by atoms with Crippen LogP contribution in [0.3, 0.4) is 0 Å². The first-order valence-corrected chi connectivity index (χ1v) is 11.4. The van der Waals surface area contributed by atoms with Crippen LogP contribution in [0, 0.1) is 6.92 Å². The molecule has 170 valence electrons. The van der Waals surface area contributed by atoms with Crippen molar-refractivity contribution in [2.24, 2.45) is 0 Å². The summed E-state index contributed by atoms with van der Waals surface area (Å²) >= 11 is 0. The van der Waals surface area contributed by atoms with Gasteiger partial charge in [-0.05, 0) is 69.1 Å². The summed E-state index contributed by atoms with van der Waals surface area (Å²) < 4.78 is 17.8. The molecule has 0 amide bonds. The molecule has 0 aliphatic carbocycles. The van der Waals surface area contributed by atoms with E-state index >= 15 is 0 Å². The van der Waals surface area contributed by atoms with Gasteiger partial charge in [-0.15, -0.1) is 0 Å². The lowest BCUT2D eigenvalue weighted by Gasteiger charge is -2.16. The van der Waals surface area contributed by atoms with E-state index < -0.39 is 0 Å². The van der Waals surface area contributed by atoms with Crippen molar-refractivity contribution in [2.45, 2.75) is 26.2 Å². The highest BCUT2D eigenvalue weighted by molar-refractivity contribution is 5.87. The van der Waals surface area contributed by atoms with E-state index in [1.807, 2.05) is 36.4 Å². The molecule has 3 heterocycles. The first-order valence-electron chi connectivity index (χ1n) is 11.4. The van der Waals surface area contributed by atoms with Gasteiger partial charge in [-0.3, -0.25) is 4.98 Å². The van der Waals surface area contributed by atoms with Gasteiger partial charge in [0.15, 0.2) is 11.5 Å². The van der Waals surface area contributed by atoms with Crippen molar-refractivity contribution in [2.75, 3.05) is 33.4 Å². The summed E-state index contributed by atoms with van der Waals surface area (Å²) in [7, 11) is 1.64. The zero-order chi connectivity index (χ0) is 22.6. The number of aryl methyl sites for hydroxylation is 1. The van der Waals surface area contributed by atoms with E-state index in [0.29, 0.717) is 29.7 Å². The summed E-state index contributed by atoms with van der Waals surface area (Å²) in [6, 6.07) is 11.6. The van der Waals surface area contributed by atoms with Crippen molar-refractivity contribution in [3.63, 3.8) is 0 Å². The second-order valence-corrected chi connectivity index (χ2v) is 8.36. The van der Waals surface area contributed by atoms with E-state index in [1.54, 1.807) is 13.3 Å². The Morgan fingerprint density at radius 2 is 1.76 bits per heavy atom. The maximum absolute atomic E-state index is 6.14. The van der Waals surface area contributed by atoms with Crippen molar-refractivity contribution >= 4 is 21.8 Å². The molecule has 7 nitrogen and oxygen atoms in total. The van der Waals surface area contributed by atoms with E-state index in [1.165, 1.54) is 37.8 Å². The molecule has 0 saturated carbocycles. The van der Waals surface area contributed by atoms with Gasteiger partial charge in [-0.25, -0.2) is 9.97 Å². The maximum Gasteiger partial charge on any atom is 0.230 e. The molecule has 1 fully saturated rings. The quantitative estimate of drug-likeness (QED) is 0.348. The molecular formula is C26H28N4O3. The molecule has 2 aromatic heterocycles. The number of pyridine rings is 1. The number of benzene rings is 2. The number of nitrogens with zero attached hydrogens (tertiary/aromatic N) is 4. The van der Waals surface area contributed by atoms with Gasteiger partial charge >= 0.3 is 0 Å². The number of hydrogen-bond acceptors (Lipinski definition) is 7. The predicted molar refractivity (Wildman–Crippen MR) is 128 cm³/mol. The van der Waals surface area contributed by atoms with Crippen molar-refractivity contribution in [3.8, 4) is 23.1 Å². The average molecular weight is 445 g/mol. The number of methoxy groups -OCH3 is 1. The van der Waals surface area contributed by atoms with E-state index in [2.05, 4.69) is 26.8 Å². The molecule has 1 saturated heterocycles. The molecule has 0 unspecified atom stereocenters. The highest BCUT2D eigenvalue weighted by Gasteiger charge is 2.15. The monoisotopic (exact) mass is 444 g/mol. The van der Waals surface area contributed by atoms with Crippen LogP contribution < -0.4 is 14.2 Å². The third-order valence-electron chi connectivity index (χ3n) is 6.11. The Labute approximate surface area is 193 Å². The molecule has 0 atom stereocenters. The minimum Gasteiger partial charge on any atom is -0.493 e. The van der Waals surface area contributed by atoms with E-state index in [0.717, 1.165) is 34.8 Å². The fraction of sp³-hybridized carbons (Fsp3) is 0.346. The van der Waals surface area contributed by atoms with Crippen LogP contribution in [-0.2, 0) is 0 Å². The lowest BCUT2D eigenvalue weighted by atomic mass is 10.1. The Hall–Kier alpha value is -3.45. The molecule has 0 radical (unpaired) electrons. The third-order valence-corrected chi connectivity index (χ3v) is 6.11. The Morgan fingerprint density at radius 1 is 0.909 bits per heavy atom. The van der Waals surface area contributed by atoms with Crippen molar-refractivity contribution in [3.05, 3.63) is 54.5 Å². The molecule has 1 aliphatic heterocycles. The minimum absolute atomic E-state index is 0.464. The average Bonchev–Trinajstić information content (AvgIpc) is 3.35. The Morgan fingerprint density at radius 3 is 2.61 bits per heavy atom. The highest BCUT2D eigenvalue weighted by Crippen LogP contribution is 2.36. The fourth-order valence-electron chi connectivity index (χ4n) is 4.32. The smallest absolute Gasteiger partial charge is 0.230 e. The maximum atomic E-state index is 6.14. The molecular weight excluding hydrogens is 416 g/mol. The standard InChI is InChI=1S/C26H28N4O3/c1-18-8-9-27-22-14-19(6-7-20(18)22)33-26-21-15-24(31-2)25(16-23(21)28-17-29-26)32-13-5-12-30-10-3-4-11-30/h6-9,14-17H,3-5,10-13H2,1-2H3. The summed E-state index contributed by atoms with van der Waals surface area (Å²) in [5.74, 6) is 2.45. The first kappa shape index (κ1) is 21.4. The summed E-state index contributed by atoms with van der Waals surface area (Å²) in [5.41, 5.74) is 2.80. The normalized spacial score (nSPS) is 14.1. The number of rotatable bonds is 8. The topological polar surface area (TPSA) is 69.6 Å². The van der Waals surface area contributed by atoms with Gasteiger partial charge in [-0.2, -0.15) is 0 Å². The second-order valence-electron chi connectivity index (χ2n) is 8.36. The van der Waals surface area contributed by atoms with Crippen LogP contribution in [0.25, 0.3) is 21.8 Å². The summed E-state index contributed by atoms with van der Waals surface area (Å²) in [5, 5.41) is 1.86. The van der Waals surface area contributed by atoms with Gasteiger partial charge in [0.05, 0.1) is 30.1 Å². The van der Waals surface area contributed by atoms with Crippen LogP contribution >= 0.6 is 0 Å². The lowest BCUT2D eigenvalue weighted by molar-refractivity contribution is 0.254. The molecule has 5 rings (SSSR count). The van der Waals surface area contributed by atoms with Gasteiger partial charge < -0.3 is 19.1 Å². The molecule has 7 heteroatoms. The van der Waals surface area contributed by atoms with Gasteiger partial charge in [0, 0.05) is 30.3 Å². The van der Waals surface area contributed by atoms with Gasteiger partial charge in [0.1, 0.15) is 12.1 Å². The fourth-order valence-corrected chi connectivity index (χ4v) is 4.32. The van der Waals surface area contributed by atoms with Crippen LogP contribution in [0.5, 0.6) is 23.1 Å². The van der Waals surface area contributed by atoms with Gasteiger partial charge in [0.2, 0.25) is 5.88 Å². The van der Waals surface area contributed by atoms with Crippen molar-refractivity contribution in [1.82, 2.24) is 19.9 Å². The minimum atomic E-state index is 0.464. The van der Waals surface area contributed by atoms with Crippen molar-refractivity contribution in [1.29, 1.82) is 0 Å². The van der Waals surface area contributed by atoms with Crippen LogP contribution in [0.2, 0.25) is 0 Å². The van der Waals surface area contributed by atoms with Crippen LogP contribution in [0.15, 0.2) is 48.9 Å². The largest absolute Gasteiger partial charge is 0.493 e. The number of hydrogen-bond donors (Lipinski definition) is 0. The SMILES string of the molecule is COc1cc2c(Oc3ccc4c(C)ccnc4c3)ncnc2cc1OCCCN1CCCC1. The Kier molecular flexibility index (Phi) is 6.21. The number of fused-ring (bicyclic) bond motifs is 2. The van der Waals surface area contributed by atoms with E-state index in [-0.39, 0.29) is 0 Å². The molecule has 0 bridgehead atoms. The lowest BCUT2D eigenvalue weighted by Crippen LogP contribution is -2.21. The summed E-state index contributed by atoms with van der Waals surface area (Å²) in [6.07, 6.45) is 6.90. The van der Waals surface area contributed by atoms with Crippen LogP contribution in [0.1, 0.15) is 24.8 Å². The zero-order valence-corrected chi connectivity index (χ0v) is 19.1. The Balaban J connectivity index is 1.36. The van der Waals surface area contributed by atoms with E-state index in [9.17, 15) is 0 Å². The number of aromatic nitrogens is 3. The predicted octanol–water partition coefficient (Wildman–Crippen LogP) is 5.15. The molecule has 1 aliphatic rings. The summed E-state index contributed by atoms with van der Waals surface area (Å²) in [6.45, 7) is 6.17. The number of ether oxygens (including phenoxy) is 3. The van der Waals surface area contributed by atoms with Crippen LogP contribution in [0.4, 0.5) is 0 Å². The van der Waals surface area contributed by atoms with Gasteiger partial charge in [-0.1, -0.05) is 0 Å². The molecule has 0 spiro atoms. The van der Waals surface area contributed by atoms with Crippen LogP contribution in [-0.4, -0.2) is 53.2 Å². The molecule has 4 aromatic rings. The second kappa shape index (κ2) is 9.58. The molecule has 2 aromatic carbocycles. The first-order chi connectivity index (χ1) is 16.2. The third kappa shape index (κ3) is 4.68. The highest BCUT2D eigenvalue weighted by atomic mass is 16.5. The zero-order valence-electron chi connectivity index (χ0n) is 19.1. The molecule has 0 N–H and O–H groups in total. The number of likely N-dealkylation sites (tertiary alicyclic amines) is 1. The van der Waals surface area contributed by atoms with Gasteiger partial charge in [0.25, 0.3) is 0 Å². The Bertz CT molecular complexity index is 1270.